The number of carbonyl (C=O) groups is 4. The predicted molar refractivity (Wildman–Crippen MR) is 58.2 cm³/mol. The second kappa shape index (κ2) is 20.4. The van der Waals surface area contributed by atoms with Gasteiger partial charge in [-0.3, -0.25) is 19.4 Å². The van der Waals surface area contributed by atoms with Crippen LogP contribution in [0.3, 0.4) is 0 Å². The summed E-state index contributed by atoms with van der Waals surface area (Å²) >= 11 is 0. The van der Waals surface area contributed by atoms with E-state index < -0.39 is 50.1 Å². The first-order valence-corrected chi connectivity index (χ1v) is 5.48. The van der Waals surface area contributed by atoms with Gasteiger partial charge in [-0.05, 0) is 0 Å². The molecule has 0 saturated carbocycles. The average Bonchev–Trinajstić information content (AvgIpc) is 2.22. The summed E-state index contributed by atoms with van der Waals surface area (Å²) in [7, 11) is 0. The van der Waals surface area contributed by atoms with Crippen molar-refractivity contribution >= 4 is 23.9 Å². The summed E-state index contributed by atoms with van der Waals surface area (Å²) in [5, 5.41) is 38.0. The van der Waals surface area contributed by atoms with E-state index in [2.05, 4.69) is 0 Å². The first-order chi connectivity index (χ1) is 9.20. The molecule has 0 rings (SSSR count). The van der Waals surface area contributed by atoms with Crippen LogP contribution in [0.25, 0.3) is 0 Å². The molecule has 122 valence electrons. The van der Waals surface area contributed by atoms with Crippen LogP contribution in [0.15, 0.2) is 0 Å². The van der Waals surface area contributed by atoms with Gasteiger partial charge in [-0.2, -0.15) is 0 Å². The predicted octanol–water partition coefficient (Wildman–Crippen LogP) is -16.7. The molecule has 0 aliphatic carbocycles. The third-order valence-electron chi connectivity index (χ3n) is 2.16. The zero-order valence-electron chi connectivity index (χ0n) is 13.9. The molecule has 0 fully saturated rings. The zero-order chi connectivity index (χ0) is 15.7. The van der Waals surface area contributed by atoms with Crippen LogP contribution >= 0.6 is 0 Å². The molecule has 14 heteroatoms. The molecule has 0 saturated heterocycles. The molecular weight excluding hydrogens is 381 g/mol. The first kappa shape index (κ1) is 36.1. The van der Waals surface area contributed by atoms with Crippen molar-refractivity contribution in [2.45, 2.75) is 0 Å². The second-order valence-electron chi connectivity index (χ2n) is 3.95. The smallest absolute Gasteiger partial charge is 1.00 e. The summed E-state index contributed by atoms with van der Waals surface area (Å²) in [6.07, 6.45) is 0. The maximum absolute atomic E-state index is 10.5. The van der Waals surface area contributed by atoms with Gasteiger partial charge >= 0.3 is 101 Å². The first-order valence-electron chi connectivity index (χ1n) is 5.48. The number of hydrogen-bond donors (Lipinski definition) is 2. The standard InChI is InChI=1S/C10H16N2O8.ClH.3Na/c13-7(14)3-11(4-8(15)16)1-2-12(5-9(17)18)6-10(19)20;;;;/h1-6H2,(H,13,14)(H,15,16)(H,17,18)(H,19,20);1H;;;/q;;3*+1/p-3. The molecule has 0 aromatic carbocycles. The fourth-order valence-electron chi connectivity index (χ4n) is 1.46. The summed E-state index contributed by atoms with van der Waals surface area (Å²) in [6.45, 7) is -2.75. The molecule has 24 heavy (non-hydrogen) atoms. The van der Waals surface area contributed by atoms with Crippen LogP contribution in [0.5, 0.6) is 0 Å². The third kappa shape index (κ3) is 23.1. The summed E-state index contributed by atoms with van der Waals surface area (Å²) in [4.78, 5) is 43.9. The molecular formula is C10H14ClN2Na3O8. The number of hydrogen-bond acceptors (Lipinski definition) is 8. The number of carboxylic acid groups (broad SMARTS) is 4. The monoisotopic (exact) mass is 394 g/mol. The van der Waals surface area contributed by atoms with E-state index in [0.717, 1.165) is 9.80 Å². The van der Waals surface area contributed by atoms with Gasteiger partial charge < -0.3 is 42.4 Å². The normalized spacial score (nSPS) is 8.92. The minimum absolute atomic E-state index is 0. The van der Waals surface area contributed by atoms with Gasteiger partial charge in [-0.25, -0.2) is 0 Å². The van der Waals surface area contributed by atoms with Crippen LogP contribution in [0.1, 0.15) is 0 Å². The fourth-order valence-corrected chi connectivity index (χ4v) is 1.46. The van der Waals surface area contributed by atoms with E-state index in [9.17, 15) is 29.4 Å². The van der Waals surface area contributed by atoms with Gasteiger partial charge in [0.05, 0.1) is 25.0 Å². The number of nitrogens with zero attached hydrogens (tertiary/aromatic N) is 2. The summed E-state index contributed by atoms with van der Waals surface area (Å²) in [5.74, 6) is -5.52. The summed E-state index contributed by atoms with van der Waals surface area (Å²) in [5.41, 5.74) is 0. The minimum Gasteiger partial charge on any atom is -1.00 e. The average molecular weight is 395 g/mol. The van der Waals surface area contributed by atoms with Crippen molar-refractivity contribution in [2.75, 3.05) is 39.3 Å². The van der Waals surface area contributed by atoms with Crippen molar-refractivity contribution in [3.05, 3.63) is 0 Å². The maximum Gasteiger partial charge on any atom is 1.00 e. The topological polar surface area (TPSA) is 161 Å². The van der Waals surface area contributed by atoms with Gasteiger partial charge in [-0.15, -0.1) is 0 Å². The maximum atomic E-state index is 10.5. The van der Waals surface area contributed by atoms with Crippen molar-refractivity contribution in [1.29, 1.82) is 0 Å². The van der Waals surface area contributed by atoms with Crippen LogP contribution < -0.4 is 111 Å². The molecule has 0 amide bonds. The van der Waals surface area contributed by atoms with Gasteiger partial charge in [0, 0.05) is 26.2 Å². The molecule has 0 aliphatic heterocycles. The van der Waals surface area contributed by atoms with Crippen LogP contribution in [-0.4, -0.2) is 83.2 Å². The Morgan fingerprint density at radius 1 is 0.667 bits per heavy atom. The molecule has 2 N–H and O–H groups in total. The number of carboxylic acids is 4. The SMILES string of the molecule is O=C([O-])CN(CCN(CC(=O)[O-])CC(=O)O)CC(=O)O.[Cl-].[Na+].[Na+].[Na+]. The van der Waals surface area contributed by atoms with Crippen LogP contribution in [-0.2, 0) is 19.2 Å². The Bertz CT molecular complexity index is 334. The Kier molecular flexibility index (Phi) is 30.7. The van der Waals surface area contributed by atoms with Crippen molar-refractivity contribution in [3.8, 4) is 0 Å². The number of halogens is 1. The molecule has 0 spiro atoms. The van der Waals surface area contributed by atoms with Crippen molar-refractivity contribution in [2.24, 2.45) is 0 Å². The van der Waals surface area contributed by atoms with Crippen LogP contribution in [0, 0.1) is 0 Å². The minimum atomic E-state index is -1.49. The van der Waals surface area contributed by atoms with Crippen molar-refractivity contribution in [3.63, 3.8) is 0 Å². The molecule has 0 radical (unpaired) electrons. The second-order valence-corrected chi connectivity index (χ2v) is 3.95. The molecule has 0 bridgehead atoms. The van der Waals surface area contributed by atoms with Gasteiger partial charge in [0.1, 0.15) is 0 Å². The van der Waals surface area contributed by atoms with E-state index in [-0.39, 0.29) is 114 Å². The third-order valence-corrected chi connectivity index (χ3v) is 2.16. The van der Waals surface area contributed by atoms with E-state index in [1.165, 1.54) is 0 Å². The van der Waals surface area contributed by atoms with E-state index in [1.807, 2.05) is 0 Å². The van der Waals surface area contributed by atoms with E-state index in [1.54, 1.807) is 0 Å². The quantitative estimate of drug-likeness (QED) is 0.322. The molecule has 0 unspecified atom stereocenters. The largest absolute Gasteiger partial charge is 1.00 e. The Hall–Kier alpha value is 1.09. The van der Waals surface area contributed by atoms with E-state index >= 15 is 0 Å². The molecule has 0 aliphatic rings. The summed E-state index contributed by atoms with van der Waals surface area (Å²) < 4.78 is 0. The van der Waals surface area contributed by atoms with Gasteiger partial charge in [0.25, 0.3) is 0 Å². The van der Waals surface area contributed by atoms with Crippen molar-refractivity contribution < 1.29 is 141 Å². The Balaban J connectivity index is -0.000000301. The molecule has 0 aromatic heterocycles. The molecule has 0 atom stereocenters. The van der Waals surface area contributed by atoms with Crippen LogP contribution in [0.2, 0.25) is 0 Å². The molecule has 10 nitrogen and oxygen atoms in total. The van der Waals surface area contributed by atoms with Gasteiger partial charge in [-0.1, -0.05) is 0 Å². The Labute approximate surface area is 211 Å². The van der Waals surface area contributed by atoms with Gasteiger partial charge in [0.15, 0.2) is 0 Å². The number of aliphatic carboxylic acids is 4. The molecule has 0 aromatic rings. The van der Waals surface area contributed by atoms with Crippen molar-refractivity contribution in [1.82, 2.24) is 9.80 Å². The Morgan fingerprint density at radius 3 is 1.08 bits per heavy atom. The number of carbonyl (C=O) groups excluding carboxylic acids is 2. The van der Waals surface area contributed by atoms with Gasteiger partial charge in [0.2, 0.25) is 0 Å². The van der Waals surface area contributed by atoms with Crippen LogP contribution in [0.4, 0.5) is 0 Å². The molecule has 0 heterocycles. The number of rotatable bonds is 11. The zero-order valence-corrected chi connectivity index (χ0v) is 20.6. The van der Waals surface area contributed by atoms with E-state index in [4.69, 9.17) is 10.2 Å². The Morgan fingerprint density at radius 2 is 0.917 bits per heavy atom. The van der Waals surface area contributed by atoms with E-state index in [0.29, 0.717) is 0 Å². The fraction of sp³-hybridized carbons (Fsp3) is 0.600. The summed E-state index contributed by atoms with van der Waals surface area (Å²) in [6, 6.07) is 0.